The van der Waals surface area contributed by atoms with Gasteiger partial charge in [0.25, 0.3) is 0 Å². The highest BCUT2D eigenvalue weighted by Gasteiger charge is 2.48. The third kappa shape index (κ3) is 37.9. The van der Waals surface area contributed by atoms with Gasteiger partial charge in [0.05, 0.1) is 19.8 Å². The Kier molecular flexibility index (Phi) is 43.3. The fourth-order valence-corrected chi connectivity index (χ4v) is 9.54. The third-order valence-electron chi connectivity index (χ3n) is 13.2. The van der Waals surface area contributed by atoms with Gasteiger partial charge in [0, 0.05) is 13.0 Å². The van der Waals surface area contributed by atoms with Gasteiger partial charge in [0.2, 0.25) is 0 Å². The highest BCUT2D eigenvalue weighted by molar-refractivity contribution is 7.80. The van der Waals surface area contributed by atoms with Crippen molar-refractivity contribution in [2.75, 3.05) is 26.4 Å². The molecule has 1 fully saturated rings. The average molecular weight is 965 g/mol. The van der Waals surface area contributed by atoms with Crippen LogP contribution < -0.4 is 0 Å². The van der Waals surface area contributed by atoms with E-state index in [1.54, 1.807) is 0 Å². The summed E-state index contributed by atoms with van der Waals surface area (Å²) in [5, 5.41) is 30.8. The Morgan fingerprint density at radius 1 is 0.515 bits per heavy atom. The van der Waals surface area contributed by atoms with Crippen LogP contribution in [-0.2, 0) is 38.3 Å². The third-order valence-corrected chi connectivity index (χ3v) is 13.7. The maximum Gasteiger partial charge on any atom is 0.397 e. The lowest BCUT2D eigenvalue weighted by Gasteiger charge is -2.41. The van der Waals surface area contributed by atoms with E-state index in [1.165, 1.54) is 205 Å². The molecule has 0 amide bonds. The normalized spacial score (nSPS) is 19.4. The minimum absolute atomic E-state index is 0.0452. The summed E-state index contributed by atoms with van der Waals surface area (Å²) in [7, 11) is -5.06. The molecule has 13 heteroatoms. The quantitative estimate of drug-likeness (QED) is 0.0258. The van der Waals surface area contributed by atoms with E-state index in [2.05, 4.69) is 18.0 Å². The highest BCUT2D eigenvalue weighted by atomic mass is 32.3. The summed E-state index contributed by atoms with van der Waals surface area (Å²) in [6, 6.07) is 0. The van der Waals surface area contributed by atoms with Gasteiger partial charge in [-0.1, -0.05) is 251 Å². The minimum Gasteiger partial charge on any atom is -0.457 e. The first-order chi connectivity index (χ1) is 32.1. The molecule has 1 heterocycles. The number of ether oxygens (including phenoxy) is 4. The summed E-state index contributed by atoms with van der Waals surface area (Å²) in [6.07, 6.45) is 41.5. The van der Waals surface area contributed by atoms with Gasteiger partial charge in [-0.3, -0.25) is 9.35 Å². The number of unbranched alkanes of at least 4 members (excludes halogenated alkanes) is 37. The molecule has 0 aromatic heterocycles. The van der Waals surface area contributed by atoms with Crippen LogP contribution in [-0.4, -0.2) is 97.5 Å². The van der Waals surface area contributed by atoms with Crippen molar-refractivity contribution in [2.24, 2.45) is 0 Å². The number of esters is 1. The van der Waals surface area contributed by atoms with Gasteiger partial charge in [-0.25, -0.2) is 4.18 Å². The Balaban J connectivity index is 2.23. The Morgan fingerprint density at radius 2 is 0.864 bits per heavy atom. The van der Waals surface area contributed by atoms with Crippen molar-refractivity contribution in [2.45, 2.75) is 307 Å². The van der Waals surface area contributed by atoms with E-state index in [0.29, 0.717) is 13.0 Å². The monoisotopic (exact) mass is 965 g/mol. The van der Waals surface area contributed by atoms with E-state index in [0.717, 1.165) is 38.5 Å². The van der Waals surface area contributed by atoms with Crippen LogP contribution in [0.25, 0.3) is 0 Å². The van der Waals surface area contributed by atoms with E-state index in [1.807, 2.05) is 0 Å². The summed E-state index contributed by atoms with van der Waals surface area (Å²) in [5.74, 6) is -0.392. The Morgan fingerprint density at radius 3 is 1.21 bits per heavy atom. The fraction of sp³-hybridized carbons (Fsp3) is 0.981. The zero-order valence-electron chi connectivity index (χ0n) is 42.5. The number of aliphatic hydroxyl groups excluding tert-OH is 3. The van der Waals surface area contributed by atoms with Crippen molar-refractivity contribution < 1.29 is 56.2 Å². The van der Waals surface area contributed by atoms with Gasteiger partial charge in [-0.15, -0.1) is 0 Å². The number of rotatable bonds is 50. The van der Waals surface area contributed by atoms with Crippen molar-refractivity contribution in [3.8, 4) is 0 Å². The van der Waals surface area contributed by atoms with Gasteiger partial charge in [0.1, 0.15) is 30.5 Å². The van der Waals surface area contributed by atoms with Gasteiger partial charge in [-0.2, -0.15) is 8.42 Å². The summed E-state index contributed by atoms with van der Waals surface area (Å²) in [5.41, 5.74) is 0. The zero-order chi connectivity index (χ0) is 48.2. The Labute approximate surface area is 405 Å². The molecule has 1 saturated heterocycles. The molecule has 66 heavy (non-hydrogen) atoms. The van der Waals surface area contributed by atoms with E-state index < -0.39 is 59.8 Å². The molecule has 4 N–H and O–H groups in total. The first-order valence-corrected chi connectivity index (χ1v) is 29.2. The van der Waals surface area contributed by atoms with Gasteiger partial charge < -0.3 is 34.3 Å². The number of hydrogen-bond acceptors (Lipinski definition) is 11. The Hall–Kier alpha value is -0.900. The standard InChI is InChI=1S/C53H104O12S/c1-3-5-7-9-11-13-15-17-18-19-20-21-22-23-24-25-26-27-28-29-31-33-35-37-39-41-43-61-45-47(46-62-53-51(57)52(65-66(58,59)60)50(56)48(44-54)64-53)63-49(55)42-40-38-36-34-32-30-16-14-12-10-8-6-4-2/h47-48,50-54,56-57H,3-46H2,1-2H3,(H,58,59,60). The van der Waals surface area contributed by atoms with E-state index in [9.17, 15) is 33.1 Å². The molecular weight excluding hydrogens is 861 g/mol. The lowest BCUT2D eigenvalue weighted by molar-refractivity contribution is -0.301. The van der Waals surface area contributed by atoms with E-state index in [4.69, 9.17) is 18.9 Å². The van der Waals surface area contributed by atoms with Gasteiger partial charge >= 0.3 is 16.4 Å². The molecule has 0 bridgehead atoms. The average Bonchev–Trinajstić information content (AvgIpc) is 3.29. The smallest absolute Gasteiger partial charge is 0.397 e. The molecule has 1 aliphatic rings. The molecule has 1 rings (SSSR count). The zero-order valence-corrected chi connectivity index (χ0v) is 43.4. The second-order valence-corrected chi connectivity index (χ2v) is 20.6. The van der Waals surface area contributed by atoms with Crippen LogP contribution in [0.5, 0.6) is 0 Å². The van der Waals surface area contributed by atoms with Crippen LogP contribution in [0.4, 0.5) is 0 Å². The molecule has 0 spiro atoms. The molecule has 12 nitrogen and oxygen atoms in total. The fourth-order valence-electron chi connectivity index (χ4n) is 9.03. The summed E-state index contributed by atoms with van der Waals surface area (Å²) >= 11 is 0. The highest BCUT2D eigenvalue weighted by Crippen LogP contribution is 2.26. The molecule has 0 radical (unpaired) electrons. The van der Waals surface area contributed by atoms with Crippen LogP contribution >= 0.6 is 0 Å². The van der Waals surface area contributed by atoms with E-state index in [-0.39, 0.29) is 19.6 Å². The SMILES string of the molecule is CCCCCCCCCCCCCCCCCCCCCCCCCCCCOCC(COC1OC(CO)C(O)C(OS(=O)(=O)O)C1O)OC(=O)CCCCCCCCCCCCCCC. The molecule has 1 aliphatic heterocycles. The molecule has 0 aromatic carbocycles. The van der Waals surface area contributed by atoms with Crippen molar-refractivity contribution in [1.82, 2.24) is 0 Å². The molecule has 6 unspecified atom stereocenters. The predicted octanol–water partition coefficient (Wildman–Crippen LogP) is 13.2. The lowest BCUT2D eigenvalue weighted by atomic mass is 9.99. The minimum atomic E-state index is -5.06. The first-order valence-electron chi connectivity index (χ1n) is 27.8. The number of hydrogen-bond donors (Lipinski definition) is 4. The van der Waals surface area contributed by atoms with Crippen molar-refractivity contribution in [1.29, 1.82) is 0 Å². The van der Waals surface area contributed by atoms with E-state index >= 15 is 0 Å². The lowest BCUT2D eigenvalue weighted by Crippen LogP contribution is -2.60. The largest absolute Gasteiger partial charge is 0.457 e. The van der Waals surface area contributed by atoms with Crippen molar-refractivity contribution in [3.05, 3.63) is 0 Å². The molecule has 6 atom stereocenters. The number of carbonyl (C=O) groups excluding carboxylic acids is 1. The van der Waals surface area contributed by atoms with Crippen LogP contribution in [0.1, 0.15) is 271 Å². The molecule has 0 aromatic rings. The topological polar surface area (TPSA) is 178 Å². The van der Waals surface area contributed by atoms with Crippen LogP contribution in [0.2, 0.25) is 0 Å². The summed E-state index contributed by atoms with van der Waals surface area (Å²) in [4.78, 5) is 12.9. The predicted molar refractivity (Wildman–Crippen MR) is 267 cm³/mol. The number of aliphatic hydroxyl groups is 3. The Bertz CT molecular complexity index is 1160. The summed E-state index contributed by atoms with van der Waals surface area (Å²) in [6.45, 7) is 4.06. The molecule has 0 aliphatic carbocycles. The van der Waals surface area contributed by atoms with Crippen molar-refractivity contribution >= 4 is 16.4 Å². The second-order valence-electron chi connectivity index (χ2n) is 19.5. The first kappa shape index (κ1) is 63.1. The molecule has 394 valence electrons. The maximum absolute atomic E-state index is 12.9. The summed E-state index contributed by atoms with van der Waals surface area (Å²) < 4.78 is 59.3. The molecule has 0 saturated carbocycles. The van der Waals surface area contributed by atoms with Crippen molar-refractivity contribution in [3.63, 3.8) is 0 Å². The maximum atomic E-state index is 12.9. The van der Waals surface area contributed by atoms with Crippen LogP contribution in [0, 0.1) is 0 Å². The molecular formula is C53H104O12S. The van der Waals surface area contributed by atoms with Gasteiger partial charge in [0.15, 0.2) is 6.29 Å². The number of carbonyl (C=O) groups is 1. The van der Waals surface area contributed by atoms with Gasteiger partial charge in [-0.05, 0) is 12.8 Å². The van der Waals surface area contributed by atoms with Crippen LogP contribution in [0.15, 0.2) is 0 Å². The van der Waals surface area contributed by atoms with Crippen LogP contribution in [0.3, 0.4) is 0 Å². The second kappa shape index (κ2) is 45.3.